The van der Waals surface area contributed by atoms with E-state index in [4.69, 9.17) is 0 Å². The quantitative estimate of drug-likeness (QED) is 0.654. The van der Waals surface area contributed by atoms with Gasteiger partial charge in [0, 0.05) is 18.7 Å². The van der Waals surface area contributed by atoms with E-state index in [9.17, 15) is 4.79 Å². The molecule has 1 aromatic heterocycles. The van der Waals surface area contributed by atoms with Crippen LogP contribution in [0.2, 0.25) is 0 Å². The van der Waals surface area contributed by atoms with Crippen molar-refractivity contribution in [2.75, 3.05) is 13.1 Å². The van der Waals surface area contributed by atoms with Crippen molar-refractivity contribution in [3.63, 3.8) is 0 Å². The number of carbonyl (C=O) groups excluding carboxylic acids is 1. The van der Waals surface area contributed by atoms with Gasteiger partial charge in [0.1, 0.15) is 12.7 Å². The number of nitrogens with zero attached hydrogens (tertiary/aromatic N) is 4. The molecule has 6 nitrogen and oxygen atoms in total. The first kappa shape index (κ1) is 20.3. The van der Waals surface area contributed by atoms with Crippen LogP contribution in [0.5, 0.6) is 0 Å². The maximum absolute atomic E-state index is 12.7. The molecule has 0 spiro atoms. The fourth-order valence-corrected chi connectivity index (χ4v) is 3.99. The maximum atomic E-state index is 12.7. The Hall–Kier alpha value is -2.99. The Balaban J connectivity index is 1.33. The summed E-state index contributed by atoms with van der Waals surface area (Å²) >= 11 is 0. The van der Waals surface area contributed by atoms with Gasteiger partial charge in [-0.2, -0.15) is 5.10 Å². The molecule has 0 atom stereocenters. The average molecular weight is 404 g/mol. The van der Waals surface area contributed by atoms with Crippen LogP contribution in [-0.4, -0.2) is 38.7 Å². The summed E-state index contributed by atoms with van der Waals surface area (Å²) in [7, 11) is 0. The minimum absolute atomic E-state index is 0.0617. The molecular formula is C24H29N5O. The molecule has 4 rings (SSSR count). The summed E-state index contributed by atoms with van der Waals surface area (Å²) in [5.74, 6) is -0.0617. The molecule has 6 heteroatoms. The minimum Gasteiger partial charge on any atom is -0.348 e. The second-order valence-corrected chi connectivity index (χ2v) is 7.99. The number of aromatic nitrogens is 3. The van der Waals surface area contributed by atoms with Gasteiger partial charge in [0.25, 0.3) is 5.91 Å². The molecule has 30 heavy (non-hydrogen) atoms. The van der Waals surface area contributed by atoms with Crippen LogP contribution in [-0.2, 0) is 19.6 Å². The largest absolute Gasteiger partial charge is 0.348 e. The maximum Gasteiger partial charge on any atom is 0.251 e. The molecule has 0 radical (unpaired) electrons. The van der Waals surface area contributed by atoms with Crippen molar-refractivity contribution in [1.29, 1.82) is 0 Å². The third-order valence-corrected chi connectivity index (χ3v) is 5.55. The summed E-state index contributed by atoms with van der Waals surface area (Å²) in [6.07, 6.45) is 8.48. The van der Waals surface area contributed by atoms with Crippen LogP contribution in [0.4, 0.5) is 0 Å². The van der Waals surface area contributed by atoms with E-state index in [0.717, 1.165) is 17.7 Å². The van der Waals surface area contributed by atoms with E-state index in [1.807, 2.05) is 24.3 Å². The van der Waals surface area contributed by atoms with E-state index in [-0.39, 0.29) is 5.91 Å². The highest BCUT2D eigenvalue weighted by molar-refractivity contribution is 5.94. The average Bonchev–Trinajstić information content (AvgIpc) is 3.14. The van der Waals surface area contributed by atoms with Crippen LogP contribution >= 0.6 is 0 Å². The smallest absolute Gasteiger partial charge is 0.251 e. The molecule has 1 aliphatic rings. The van der Waals surface area contributed by atoms with Crippen molar-refractivity contribution < 1.29 is 4.79 Å². The number of likely N-dealkylation sites (tertiary alicyclic amines) is 1. The zero-order valence-electron chi connectivity index (χ0n) is 17.3. The number of benzene rings is 2. The van der Waals surface area contributed by atoms with E-state index in [1.165, 1.54) is 50.7 Å². The number of nitrogens with one attached hydrogen (secondary N) is 1. The summed E-state index contributed by atoms with van der Waals surface area (Å²) in [5, 5.41) is 7.17. The molecule has 0 aliphatic carbocycles. The molecule has 1 saturated heterocycles. The van der Waals surface area contributed by atoms with Crippen LogP contribution in [0.3, 0.4) is 0 Å². The lowest BCUT2D eigenvalue weighted by Gasteiger charge is -2.20. The molecule has 2 heterocycles. The third kappa shape index (κ3) is 5.76. The van der Waals surface area contributed by atoms with Crippen LogP contribution in [0.15, 0.2) is 61.2 Å². The second kappa shape index (κ2) is 10.2. The van der Waals surface area contributed by atoms with Gasteiger partial charge in [-0.1, -0.05) is 49.2 Å². The van der Waals surface area contributed by atoms with Crippen molar-refractivity contribution in [3.8, 4) is 0 Å². The van der Waals surface area contributed by atoms with Gasteiger partial charge in [-0.25, -0.2) is 9.67 Å². The zero-order chi connectivity index (χ0) is 20.6. The molecule has 1 N–H and O–H groups in total. The lowest BCUT2D eigenvalue weighted by atomic mass is 10.1. The Bertz CT molecular complexity index is 946. The molecule has 1 aliphatic heterocycles. The molecule has 3 aromatic rings. The van der Waals surface area contributed by atoms with Crippen LogP contribution in [0.1, 0.15) is 52.7 Å². The highest BCUT2D eigenvalue weighted by Crippen LogP contribution is 2.14. The fraction of sp³-hybridized carbons (Fsp3) is 0.375. The molecule has 156 valence electrons. The Morgan fingerprint density at radius 2 is 1.63 bits per heavy atom. The normalized spacial score (nSPS) is 14.9. The molecular weight excluding hydrogens is 374 g/mol. The van der Waals surface area contributed by atoms with Crippen LogP contribution in [0, 0.1) is 0 Å². The Morgan fingerprint density at radius 3 is 2.40 bits per heavy atom. The molecule has 1 fully saturated rings. The number of hydrogen-bond acceptors (Lipinski definition) is 4. The van der Waals surface area contributed by atoms with Crippen LogP contribution < -0.4 is 5.32 Å². The first-order valence-electron chi connectivity index (χ1n) is 10.8. The standard InChI is InChI=1S/C24H29N5O/c30-24(23-10-6-9-22(14-23)17-29-19-25-18-27-29)26-15-20-7-5-8-21(13-20)16-28-11-3-1-2-4-12-28/h5-10,13-14,18-19H,1-4,11-12,15-17H2,(H,26,30). The highest BCUT2D eigenvalue weighted by atomic mass is 16.1. The van der Waals surface area contributed by atoms with Gasteiger partial charge in [-0.15, -0.1) is 0 Å². The summed E-state index contributed by atoms with van der Waals surface area (Å²) in [6, 6.07) is 16.2. The molecule has 0 unspecified atom stereocenters. The molecule has 1 amide bonds. The summed E-state index contributed by atoms with van der Waals surface area (Å²) in [6.45, 7) is 4.49. The monoisotopic (exact) mass is 403 g/mol. The van der Waals surface area contributed by atoms with Crippen molar-refractivity contribution in [2.24, 2.45) is 0 Å². The van der Waals surface area contributed by atoms with E-state index >= 15 is 0 Å². The summed E-state index contributed by atoms with van der Waals surface area (Å²) in [5.41, 5.74) is 4.13. The summed E-state index contributed by atoms with van der Waals surface area (Å²) in [4.78, 5) is 19.2. The highest BCUT2D eigenvalue weighted by Gasteiger charge is 2.10. The van der Waals surface area contributed by atoms with Crippen molar-refractivity contribution in [1.82, 2.24) is 25.0 Å². The van der Waals surface area contributed by atoms with Gasteiger partial charge in [-0.05, 0) is 54.8 Å². The number of amides is 1. The van der Waals surface area contributed by atoms with E-state index in [1.54, 1.807) is 11.0 Å². The van der Waals surface area contributed by atoms with Gasteiger partial charge >= 0.3 is 0 Å². The van der Waals surface area contributed by atoms with Gasteiger partial charge in [0.05, 0.1) is 6.54 Å². The molecule has 0 bridgehead atoms. The second-order valence-electron chi connectivity index (χ2n) is 7.99. The van der Waals surface area contributed by atoms with Gasteiger partial charge in [0.15, 0.2) is 0 Å². The topological polar surface area (TPSA) is 63.1 Å². The Morgan fingerprint density at radius 1 is 0.900 bits per heavy atom. The first-order chi connectivity index (χ1) is 14.8. The zero-order valence-corrected chi connectivity index (χ0v) is 17.3. The molecule has 0 saturated carbocycles. The van der Waals surface area contributed by atoms with Crippen molar-refractivity contribution >= 4 is 5.91 Å². The fourth-order valence-electron chi connectivity index (χ4n) is 3.99. The first-order valence-corrected chi connectivity index (χ1v) is 10.8. The lowest BCUT2D eigenvalue weighted by molar-refractivity contribution is 0.0950. The van der Waals surface area contributed by atoms with Crippen molar-refractivity contribution in [3.05, 3.63) is 83.4 Å². The number of carbonyl (C=O) groups is 1. The van der Waals surface area contributed by atoms with Crippen LogP contribution in [0.25, 0.3) is 0 Å². The Kier molecular flexibility index (Phi) is 6.87. The minimum atomic E-state index is -0.0617. The number of hydrogen-bond donors (Lipinski definition) is 1. The van der Waals surface area contributed by atoms with E-state index in [2.05, 4.69) is 44.6 Å². The Labute approximate surface area is 177 Å². The van der Waals surface area contributed by atoms with E-state index in [0.29, 0.717) is 18.7 Å². The predicted octanol–water partition coefficient (Wildman–Crippen LogP) is 3.63. The van der Waals surface area contributed by atoms with E-state index < -0.39 is 0 Å². The SMILES string of the molecule is O=C(NCc1cccc(CN2CCCCCC2)c1)c1cccc(Cn2cncn2)c1. The van der Waals surface area contributed by atoms with Crippen molar-refractivity contribution in [2.45, 2.75) is 45.3 Å². The lowest BCUT2D eigenvalue weighted by Crippen LogP contribution is -2.24. The third-order valence-electron chi connectivity index (χ3n) is 5.55. The predicted molar refractivity (Wildman–Crippen MR) is 117 cm³/mol. The van der Waals surface area contributed by atoms with Gasteiger partial charge in [0.2, 0.25) is 0 Å². The number of rotatable bonds is 7. The molecule has 2 aromatic carbocycles. The van der Waals surface area contributed by atoms with Gasteiger partial charge in [-0.3, -0.25) is 9.69 Å². The summed E-state index contributed by atoms with van der Waals surface area (Å²) < 4.78 is 1.74. The van der Waals surface area contributed by atoms with Gasteiger partial charge < -0.3 is 5.32 Å².